The van der Waals surface area contributed by atoms with Gasteiger partial charge in [0, 0.05) is 25.0 Å². The summed E-state index contributed by atoms with van der Waals surface area (Å²) >= 11 is 1.77. The van der Waals surface area contributed by atoms with Crippen LogP contribution >= 0.6 is 11.3 Å². The first-order valence-corrected chi connectivity index (χ1v) is 6.81. The number of thiophene rings is 1. The Hall–Kier alpha value is -1.40. The first-order valence-electron chi connectivity index (χ1n) is 5.93. The van der Waals surface area contributed by atoms with Crippen LogP contribution in [-0.2, 0) is 17.8 Å². The van der Waals surface area contributed by atoms with Crippen LogP contribution in [0, 0.1) is 0 Å². The summed E-state index contributed by atoms with van der Waals surface area (Å²) in [7, 11) is 1.49. The van der Waals surface area contributed by atoms with Crippen molar-refractivity contribution in [1.82, 2.24) is 15.5 Å². The molecule has 0 aliphatic carbocycles. The van der Waals surface area contributed by atoms with Crippen molar-refractivity contribution < 1.29 is 9.59 Å². The minimum Gasteiger partial charge on any atom is -0.341 e. The van der Waals surface area contributed by atoms with Gasteiger partial charge in [0.2, 0.25) is 5.91 Å². The van der Waals surface area contributed by atoms with Gasteiger partial charge in [-0.25, -0.2) is 4.79 Å². The quantitative estimate of drug-likeness (QED) is 0.838. The molecule has 1 aliphatic rings. The van der Waals surface area contributed by atoms with E-state index in [2.05, 4.69) is 27.0 Å². The second-order valence-electron chi connectivity index (χ2n) is 4.33. The van der Waals surface area contributed by atoms with Gasteiger partial charge in [-0.2, -0.15) is 0 Å². The van der Waals surface area contributed by atoms with E-state index in [0.717, 1.165) is 19.5 Å². The number of hydrogen-bond donors (Lipinski definition) is 2. The third kappa shape index (κ3) is 2.70. The minimum absolute atomic E-state index is 0.256. The molecule has 0 saturated carbocycles. The monoisotopic (exact) mass is 267 g/mol. The molecule has 0 aromatic carbocycles. The summed E-state index contributed by atoms with van der Waals surface area (Å²) in [5, 5.41) is 6.78. The van der Waals surface area contributed by atoms with Crippen molar-refractivity contribution in [2.24, 2.45) is 0 Å². The molecule has 0 fully saturated rings. The number of imide groups is 1. The molecule has 0 radical (unpaired) electrons. The SMILES string of the molecule is CNC(=O)NC(=O)[C@@H](C)N1CCc2sccc2C1. The number of urea groups is 1. The molecular formula is C12H17N3O2S. The molecule has 1 aromatic rings. The van der Waals surface area contributed by atoms with Crippen LogP contribution in [0.25, 0.3) is 0 Å². The normalized spacial score (nSPS) is 16.8. The largest absolute Gasteiger partial charge is 0.341 e. The fourth-order valence-corrected chi connectivity index (χ4v) is 2.94. The van der Waals surface area contributed by atoms with Crippen molar-refractivity contribution in [2.45, 2.75) is 25.9 Å². The first-order chi connectivity index (χ1) is 8.61. The molecule has 1 atom stereocenters. The maximum atomic E-state index is 11.9. The van der Waals surface area contributed by atoms with Gasteiger partial charge in [0.25, 0.3) is 0 Å². The zero-order chi connectivity index (χ0) is 13.1. The van der Waals surface area contributed by atoms with Crippen LogP contribution in [0.15, 0.2) is 11.4 Å². The second-order valence-corrected chi connectivity index (χ2v) is 5.33. The number of nitrogens with zero attached hydrogens (tertiary/aromatic N) is 1. The molecule has 18 heavy (non-hydrogen) atoms. The Balaban J connectivity index is 1.96. The molecular weight excluding hydrogens is 250 g/mol. The van der Waals surface area contributed by atoms with Crippen LogP contribution < -0.4 is 10.6 Å². The van der Waals surface area contributed by atoms with Crippen molar-refractivity contribution >= 4 is 23.3 Å². The Labute approximate surface area is 110 Å². The number of nitrogens with one attached hydrogen (secondary N) is 2. The lowest BCUT2D eigenvalue weighted by Crippen LogP contribution is -2.50. The van der Waals surface area contributed by atoms with Crippen LogP contribution in [0.2, 0.25) is 0 Å². The van der Waals surface area contributed by atoms with Gasteiger partial charge in [-0.3, -0.25) is 15.0 Å². The average Bonchev–Trinajstić information content (AvgIpc) is 2.84. The third-order valence-electron chi connectivity index (χ3n) is 3.23. The molecule has 0 unspecified atom stereocenters. The fourth-order valence-electron chi connectivity index (χ4n) is 2.05. The summed E-state index contributed by atoms with van der Waals surface area (Å²) in [6, 6.07) is 1.35. The number of amides is 3. The number of rotatable bonds is 2. The van der Waals surface area contributed by atoms with Crippen molar-refractivity contribution in [3.8, 4) is 0 Å². The van der Waals surface area contributed by atoms with Crippen LogP contribution in [0.4, 0.5) is 4.79 Å². The molecule has 1 aromatic heterocycles. The average molecular weight is 267 g/mol. The standard InChI is InChI=1S/C12H17N3O2S/c1-8(11(16)14-12(17)13-2)15-5-3-10-9(7-15)4-6-18-10/h4,6,8H,3,5,7H2,1-2H3,(H2,13,14,16,17)/t8-/m1/s1. The zero-order valence-corrected chi connectivity index (χ0v) is 11.3. The zero-order valence-electron chi connectivity index (χ0n) is 10.5. The summed E-state index contributed by atoms with van der Waals surface area (Å²) in [5.74, 6) is -0.256. The predicted octanol–water partition coefficient (Wildman–Crippen LogP) is 0.950. The van der Waals surface area contributed by atoms with E-state index < -0.39 is 6.03 Å². The van der Waals surface area contributed by atoms with E-state index in [0.29, 0.717) is 0 Å². The van der Waals surface area contributed by atoms with Crippen LogP contribution in [-0.4, -0.2) is 36.5 Å². The highest BCUT2D eigenvalue weighted by atomic mass is 32.1. The maximum Gasteiger partial charge on any atom is 0.321 e. The highest BCUT2D eigenvalue weighted by molar-refractivity contribution is 7.10. The number of carbonyl (C=O) groups is 2. The van der Waals surface area contributed by atoms with Gasteiger partial charge in [-0.05, 0) is 30.4 Å². The van der Waals surface area contributed by atoms with Gasteiger partial charge in [0.1, 0.15) is 0 Å². The molecule has 0 spiro atoms. The van der Waals surface area contributed by atoms with Gasteiger partial charge >= 0.3 is 6.03 Å². The summed E-state index contributed by atoms with van der Waals surface area (Å²) in [6.07, 6.45) is 0.977. The molecule has 2 heterocycles. The van der Waals surface area contributed by atoms with E-state index in [1.54, 1.807) is 11.3 Å². The lowest BCUT2D eigenvalue weighted by atomic mass is 10.1. The number of hydrogen-bond acceptors (Lipinski definition) is 4. The predicted molar refractivity (Wildman–Crippen MR) is 70.5 cm³/mol. The Kier molecular flexibility index (Phi) is 3.98. The third-order valence-corrected chi connectivity index (χ3v) is 4.25. The molecule has 98 valence electrons. The lowest BCUT2D eigenvalue weighted by Gasteiger charge is -2.31. The van der Waals surface area contributed by atoms with Crippen LogP contribution in [0.3, 0.4) is 0 Å². The van der Waals surface area contributed by atoms with E-state index in [1.807, 2.05) is 6.92 Å². The molecule has 1 aliphatic heterocycles. The lowest BCUT2D eigenvalue weighted by molar-refractivity contribution is -0.125. The van der Waals surface area contributed by atoms with E-state index in [4.69, 9.17) is 0 Å². The van der Waals surface area contributed by atoms with Crippen LogP contribution in [0.5, 0.6) is 0 Å². The van der Waals surface area contributed by atoms with E-state index >= 15 is 0 Å². The summed E-state index contributed by atoms with van der Waals surface area (Å²) in [6.45, 7) is 3.46. The molecule has 0 saturated heterocycles. The Morgan fingerprint density at radius 2 is 2.28 bits per heavy atom. The van der Waals surface area contributed by atoms with Gasteiger partial charge in [-0.1, -0.05) is 0 Å². The maximum absolute atomic E-state index is 11.9. The van der Waals surface area contributed by atoms with Crippen molar-refractivity contribution in [2.75, 3.05) is 13.6 Å². The number of fused-ring (bicyclic) bond motifs is 1. The van der Waals surface area contributed by atoms with Crippen molar-refractivity contribution in [1.29, 1.82) is 0 Å². The molecule has 2 rings (SSSR count). The van der Waals surface area contributed by atoms with E-state index in [9.17, 15) is 9.59 Å². The Bertz CT molecular complexity index is 458. The van der Waals surface area contributed by atoms with Gasteiger partial charge in [0.05, 0.1) is 6.04 Å². The van der Waals surface area contributed by atoms with Crippen LogP contribution in [0.1, 0.15) is 17.4 Å². The summed E-state index contributed by atoms with van der Waals surface area (Å²) < 4.78 is 0. The molecule has 3 amide bonds. The smallest absolute Gasteiger partial charge is 0.321 e. The first kappa shape index (κ1) is 13.0. The summed E-state index contributed by atoms with van der Waals surface area (Å²) in [5.41, 5.74) is 1.30. The fraction of sp³-hybridized carbons (Fsp3) is 0.500. The molecule has 0 bridgehead atoms. The number of carbonyl (C=O) groups excluding carboxylic acids is 2. The topological polar surface area (TPSA) is 61.4 Å². The highest BCUT2D eigenvalue weighted by Crippen LogP contribution is 2.25. The molecule has 6 heteroatoms. The van der Waals surface area contributed by atoms with Gasteiger partial charge < -0.3 is 5.32 Å². The van der Waals surface area contributed by atoms with Crippen molar-refractivity contribution in [3.63, 3.8) is 0 Å². The second kappa shape index (κ2) is 5.49. The Morgan fingerprint density at radius 1 is 1.50 bits per heavy atom. The van der Waals surface area contributed by atoms with Gasteiger partial charge in [0.15, 0.2) is 0 Å². The summed E-state index contributed by atoms with van der Waals surface area (Å²) in [4.78, 5) is 26.5. The van der Waals surface area contributed by atoms with Gasteiger partial charge in [-0.15, -0.1) is 11.3 Å². The Morgan fingerprint density at radius 3 is 3.00 bits per heavy atom. The van der Waals surface area contributed by atoms with E-state index in [1.165, 1.54) is 17.5 Å². The molecule has 5 nitrogen and oxygen atoms in total. The molecule has 2 N–H and O–H groups in total. The minimum atomic E-state index is -0.458. The highest BCUT2D eigenvalue weighted by Gasteiger charge is 2.26. The van der Waals surface area contributed by atoms with E-state index in [-0.39, 0.29) is 11.9 Å². The van der Waals surface area contributed by atoms with Crippen molar-refractivity contribution in [3.05, 3.63) is 21.9 Å².